The monoisotopic (exact) mass is 463 g/mol. The average Bonchev–Trinajstić information content (AvgIpc) is 2.82. The number of aliphatic carboxylic acids is 1. The number of aromatic hydroxyl groups is 1. The second kappa shape index (κ2) is 11.9. The van der Waals surface area contributed by atoms with E-state index in [0.29, 0.717) is 36.1 Å². The Bertz CT molecular complexity index is 1160. The van der Waals surface area contributed by atoms with E-state index >= 15 is 0 Å². The van der Waals surface area contributed by atoms with Crippen LogP contribution >= 0.6 is 0 Å². The van der Waals surface area contributed by atoms with E-state index in [1.807, 2.05) is 44.2 Å². The second-order valence-corrected chi connectivity index (χ2v) is 7.85. The lowest BCUT2D eigenvalue weighted by Gasteiger charge is -2.28. The molecular weight excluding hydrogens is 434 g/mol. The Labute approximate surface area is 198 Å². The molecule has 3 aromatic rings. The lowest BCUT2D eigenvalue weighted by Crippen LogP contribution is -2.29. The molecule has 3 N–H and O–H groups in total. The number of anilines is 1. The summed E-state index contributed by atoms with van der Waals surface area (Å²) in [6, 6.07) is 18.0. The molecule has 3 rings (SSSR count). The highest BCUT2D eigenvalue weighted by Crippen LogP contribution is 2.36. The maximum Gasteiger partial charge on any atom is 0.412 e. The zero-order valence-corrected chi connectivity index (χ0v) is 19.2. The summed E-state index contributed by atoms with van der Waals surface area (Å²) in [7, 11) is 0. The summed E-state index contributed by atoms with van der Waals surface area (Å²) in [4.78, 5) is 23.7. The molecule has 0 radical (unpaired) electrons. The van der Waals surface area contributed by atoms with Crippen molar-refractivity contribution in [2.24, 2.45) is 0 Å². The molecule has 178 valence electrons. The number of hydrogen-bond acceptors (Lipinski definition) is 5. The van der Waals surface area contributed by atoms with Crippen LogP contribution in [0, 0.1) is 6.92 Å². The van der Waals surface area contributed by atoms with E-state index in [4.69, 9.17) is 14.6 Å². The van der Waals surface area contributed by atoms with Gasteiger partial charge >= 0.3 is 12.1 Å². The predicted octanol–water partition coefficient (Wildman–Crippen LogP) is 5.97. The van der Waals surface area contributed by atoms with Crippen molar-refractivity contribution in [1.29, 1.82) is 0 Å². The zero-order valence-electron chi connectivity index (χ0n) is 19.2. The van der Waals surface area contributed by atoms with Gasteiger partial charge in [-0.2, -0.15) is 0 Å². The number of fused-ring (bicyclic) bond motifs is 1. The van der Waals surface area contributed by atoms with E-state index in [-0.39, 0.29) is 5.75 Å². The maximum absolute atomic E-state index is 12.9. The third kappa shape index (κ3) is 6.59. The summed E-state index contributed by atoms with van der Waals surface area (Å²) in [6.07, 6.45) is 1.50. The van der Waals surface area contributed by atoms with Crippen molar-refractivity contribution < 1.29 is 29.3 Å². The number of hydrogen-bond donors (Lipinski definition) is 3. The number of carbonyl (C=O) groups excluding carboxylic acids is 1. The van der Waals surface area contributed by atoms with Gasteiger partial charge in [0, 0.05) is 29.3 Å². The summed E-state index contributed by atoms with van der Waals surface area (Å²) in [5.74, 6) is -0.901. The molecule has 0 aliphatic carbocycles. The molecule has 0 heterocycles. The van der Waals surface area contributed by atoms with Gasteiger partial charge in [0.25, 0.3) is 0 Å². The van der Waals surface area contributed by atoms with Crippen molar-refractivity contribution in [3.63, 3.8) is 0 Å². The number of carboxylic acids is 1. The highest BCUT2D eigenvalue weighted by atomic mass is 16.6. The molecule has 7 heteroatoms. The van der Waals surface area contributed by atoms with E-state index in [1.54, 1.807) is 36.4 Å². The molecule has 0 aliphatic rings. The Morgan fingerprint density at radius 2 is 1.74 bits per heavy atom. The summed E-state index contributed by atoms with van der Waals surface area (Å²) < 4.78 is 11.9. The van der Waals surface area contributed by atoms with Crippen LogP contribution in [0.3, 0.4) is 0 Å². The average molecular weight is 464 g/mol. The molecule has 7 nitrogen and oxygen atoms in total. The lowest BCUT2D eigenvalue weighted by atomic mass is 9.94. The molecule has 0 fully saturated rings. The number of carbonyl (C=O) groups is 2. The van der Waals surface area contributed by atoms with Gasteiger partial charge in [0.2, 0.25) is 0 Å². The Kier molecular flexibility index (Phi) is 8.65. The summed E-state index contributed by atoms with van der Waals surface area (Å²) >= 11 is 0. The lowest BCUT2D eigenvalue weighted by molar-refractivity contribution is -0.131. The standard InChI is InChI=1S/C27H29NO6/c1-3-33-24(10-6-7-11-25(30)31)26(34-27(32)28-19-14-12-18(2)13-15-19)22-16-17-23(29)21-9-5-4-8-20(21)22/h4-5,7-9,11-17,24,26,29H,3,6,10H2,1-2H3,(H,28,32)(H,30,31)/b11-7+/t24-,26-/m0/s1. The number of benzene rings is 3. The molecule has 0 aromatic heterocycles. The number of amides is 1. The minimum absolute atomic E-state index is 0.125. The van der Waals surface area contributed by atoms with Gasteiger partial charge in [0.1, 0.15) is 5.75 Å². The van der Waals surface area contributed by atoms with Gasteiger partial charge in [-0.1, -0.05) is 54.1 Å². The van der Waals surface area contributed by atoms with Crippen LogP contribution in [0.4, 0.5) is 10.5 Å². The van der Waals surface area contributed by atoms with Gasteiger partial charge in [-0.3, -0.25) is 5.32 Å². The Morgan fingerprint density at radius 1 is 1.03 bits per heavy atom. The minimum atomic E-state index is -1.03. The Balaban J connectivity index is 1.94. The smallest absolute Gasteiger partial charge is 0.412 e. The van der Waals surface area contributed by atoms with Crippen LogP contribution in [0.2, 0.25) is 0 Å². The summed E-state index contributed by atoms with van der Waals surface area (Å²) in [6.45, 7) is 4.18. The number of carboxylic acid groups (broad SMARTS) is 1. The third-order valence-corrected chi connectivity index (χ3v) is 5.37. The first-order valence-corrected chi connectivity index (χ1v) is 11.1. The van der Waals surface area contributed by atoms with Crippen LogP contribution in [0.5, 0.6) is 5.75 Å². The topological polar surface area (TPSA) is 105 Å². The highest BCUT2D eigenvalue weighted by Gasteiger charge is 2.29. The van der Waals surface area contributed by atoms with E-state index < -0.39 is 24.3 Å². The fourth-order valence-corrected chi connectivity index (χ4v) is 3.77. The fourth-order valence-electron chi connectivity index (χ4n) is 3.77. The molecule has 2 atom stereocenters. The molecule has 0 saturated carbocycles. The first-order chi connectivity index (χ1) is 16.4. The van der Waals surface area contributed by atoms with Gasteiger partial charge in [-0.15, -0.1) is 0 Å². The van der Waals surface area contributed by atoms with Crippen molar-refractivity contribution in [3.05, 3.63) is 83.9 Å². The van der Waals surface area contributed by atoms with Crippen LogP contribution in [0.15, 0.2) is 72.8 Å². The fraction of sp³-hybridized carbons (Fsp3) is 0.259. The van der Waals surface area contributed by atoms with Crippen LogP contribution in [-0.2, 0) is 14.3 Å². The van der Waals surface area contributed by atoms with E-state index in [1.165, 1.54) is 0 Å². The maximum atomic E-state index is 12.9. The normalized spacial score (nSPS) is 13.0. The quantitative estimate of drug-likeness (QED) is 0.320. The molecule has 0 bridgehead atoms. The third-order valence-electron chi connectivity index (χ3n) is 5.37. The largest absolute Gasteiger partial charge is 0.507 e. The number of allylic oxidation sites excluding steroid dienone is 1. The molecular formula is C27H29NO6. The Hall–Kier alpha value is -3.84. The Morgan fingerprint density at radius 3 is 2.41 bits per heavy atom. The van der Waals surface area contributed by atoms with Crippen LogP contribution in [0.25, 0.3) is 10.8 Å². The van der Waals surface area contributed by atoms with Gasteiger partial charge in [0.15, 0.2) is 6.10 Å². The van der Waals surface area contributed by atoms with Crippen molar-refractivity contribution in [2.75, 3.05) is 11.9 Å². The van der Waals surface area contributed by atoms with Crippen molar-refractivity contribution in [1.82, 2.24) is 0 Å². The number of ether oxygens (including phenoxy) is 2. The number of aryl methyl sites for hydroxylation is 1. The molecule has 34 heavy (non-hydrogen) atoms. The van der Waals surface area contributed by atoms with E-state index in [9.17, 15) is 14.7 Å². The van der Waals surface area contributed by atoms with Gasteiger partial charge in [-0.05, 0) is 50.3 Å². The first kappa shape index (κ1) is 24.8. The molecule has 3 aromatic carbocycles. The summed E-state index contributed by atoms with van der Waals surface area (Å²) in [5.41, 5.74) is 2.36. The number of nitrogens with one attached hydrogen (secondary N) is 1. The number of phenolic OH excluding ortho intramolecular Hbond substituents is 1. The van der Waals surface area contributed by atoms with Crippen LogP contribution in [-0.4, -0.2) is 35.0 Å². The van der Waals surface area contributed by atoms with Gasteiger partial charge in [-0.25, -0.2) is 9.59 Å². The van der Waals surface area contributed by atoms with Crippen molar-refractivity contribution in [2.45, 2.75) is 38.9 Å². The van der Waals surface area contributed by atoms with Crippen LogP contribution < -0.4 is 5.32 Å². The predicted molar refractivity (Wildman–Crippen MR) is 131 cm³/mol. The SMILES string of the molecule is CCO[C@@H](CC/C=C/C(=O)O)[C@@H](OC(=O)Nc1ccc(C)cc1)c1ccc(O)c2ccccc12. The molecule has 1 amide bonds. The minimum Gasteiger partial charge on any atom is -0.507 e. The first-order valence-electron chi connectivity index (χ1n) is 11.1. The summed E-state index contributed by atoms with van der Waals surface area (Å²) in [5, 5.41) is 23.3. The zero-order chi connectivity index (χ0) is 24.5. The molecule has 0 saturated heterocycles. The molecule has 0 aliphatic heterocycles. The van der Waals surface area contributed by atoms with Crippen LogP contribution in [0.1, 0.15) is 37.0 Å². The van der Waals surface area contributed by atoms with Gasteiger partial charge < -0.3 is 19.7 Å². The van der Waals surface area contributed by atoms with Crippen molar-refractivity contribution >= 4 is 28.5 Å². The number of rotatable bonds is 10. The number of phenols is 1. The van der Waals surface area contributed by atoms with Gasteiger partial charge in [0.05, 0.1) is 6.10 Å². The molecule has 0 spiro atoms. The van der Waals surface area contributed by atoms with E-state index in [2.05, 4.69) is 5.32 Å². The molecule has 0 unspecified atom stereocenters. The highest BCUT2D eigenvalue weighted by molar-refractivity contribution is 5.91. The second-order valence-electron chi connectivity index (χ2n) is 7.85. The van der Waals surface area contributed by atoms with E-state index in [0.717, 1.165) is 17.0 Å². The van der Waals surface area contributed by atoms with Crippen molar-refractivity contribution in [3.8, 4) is 5.75 Å².